The zero-order valence-corrected chi connectivity index (χ0v) is 13.1. The second-order valence-electron chi connectivity index (χ2n) is 5.00. The third-order valence-corrected chi connectivity index (χ3v) is 3.58. The molecular formula is C14H21N5O2. The van der Waals surface area contributed by atoms with E-state index in [4.69, 9.17) is 4.52 Å². The lowest BCUT2D eigenvalue weighted by Crippen LogP contribution is -2.29. The lowest BCUT2D eigenvalue weighted by molar-refractivity contribution is 0.251. The van der Waals surface area contributed by atoms with Gasteiger partial charge < -0.3 is 15.2 Å². The summed E-state index contributed by atoms with van der Waals surface area (Å²) < 4.78 is 6.95. The Bertz CT molecular complexity index is 657. The molecule has 0 atom stereocenters. The van der Waals surface area contributed by atoms with Gasteiger partial charge >= 0.3 is 6.03 Å². The van der Waals surface area contributed by atoms with Crippen LogP contribution in [0, 0.1) is 20.8 Å². The molecule has 0 aliphatic carbocycles. The highest BCUT2D eigenvalue weighted by Gasteiger charge is 2.15. The maximum atomic E-state index is 12.0. The number of rotatable bonds is 4. The van der Waals surface area contributed by atoms with Crippen molar-refractivity contribution in [2.45, 2.75) is 40.7 Å². The first-order valence-corrected chi connectivity index (χ1v) is 6.93. The molecule has 2 amide bonds. The SMILES string of the molecule is CCc1onc(C)c1NC(=O)NCc1c(C)nn(C)c1C. The van der Waals surface area contributed by atoms with Gasteiger partial charge in [0.2, 0.25) is 0 Å². The van der Waals surface area contributed by atoms with Crippen LogP contribution in [0.4, 0.5) is 10.5 Å². The van der Waals surface area contributed by atoms with Gasteiger partial charge in [-0.2, -0.15) is 5.10 Å². The predicted octanol–water partition coefficient (Wildman–Crippen LogP) is 2.22. The molecule has 0 unspecified atom stereocenters. The van der Waals surface area contributed by atoms with E-state index in [1.807, 2.05) is 32.5 Å². The topological polar surface area (TPSA) is 85.0 Å². The van der Waals surface area contributed by atoms with Crippen LogP contribution in [-0.2, 0) is 20.0 Å². The molecular weight excluding hydrogens is 270 g/mol. The Kier molecular flexibility index (Phi) is 4.30. The zero-order chi connectivity index (χ0) is 15.6. The number of urea groups is 1. The normalized spacial score (nSPS) is 10.7. The van der Waals surface area contributed by atoms with Crippen LogP contribution in [0.5, 0.6) is 0 Å². The summed E-state index contributed by atoms with van der Waals surface area (Å²) in [6.45, 7) is 8.09. The molecule has 2 aromatic heterocycles. The fourth-order valence-electron chi connectivity index (χ4n) is 2.22. The number of nitrogens with one attached hydrogen (secondary N) is 2. The van der Waals surface area contributed by atoms with Crippen molar-refractivity contribution < 1.29 is 9.32 Å². The van der Waals surface area contributed by atoms with Gasteiger partial charge in [-0.15, -0.1) is 0 Å². The molecule has 0 aromatic carbocycles. The van der Waals surface area contributed by atoms with E-state index in [-0.39, 0.29) is 6.03 Å². The number of aryl methyl sites for hydroxylation is 4. The molecule has 0 radical (unpaired) electrons. The van der Waals surface area contributed by atoms with Crippen LogP contribution in [0.3, 0.4) is 0 Å². The maximum absolute atomic E-state index is 12.0. The number of nitrogens with zero attached hydrogens (tertiary/aromatic N) is 3. The second kappa shape index (κ2) is 5.99. The molecule has 0 spiro atoms. The van der Waals surface area contributed by atoms with Gasteiger partial charge in [-0.25, -0.2) is 4.79 Å². The third kappa shape index (κ3) is 3.07. The minimum atomic E-state index is -0.279. The summed E-state index contributed by atoms with van der Waals surface area (Å²) in [4.78, 5) is 12.0. The summed E-state index contributed by atoms with van der Waals surface area (Å²) in [5, 5.41) is 13.8. The largest absolute Gasteiger partial charge is 0.359 e. The number of hydrogen-bond donors (Lipinski definition) is 2. The summed E-state index contributed by atoms with van der Waals surface area (Å²) in [6, 6.07) is -0.279. The van der Waals surface area contributed by atoms with Crippen LogP contribution >= 0.6 is 0 Å². The number of aromatic nitrogens is 3. The van der Waals surface area contributed by atoms with Crippen molar-refractivity contribution in [3.05, 3.63) is 28.4 Å². The molecule has 0 aliphatic heterocycles. The van der Waals surface area contributed by atoms with Crippen LogP contribution in [0.25, 0.3) is 0 Å². The summed E-state index contributed by atoms with van der Waals surface area (Å²) in [7, 11) is 1.89. The van der Waals surface area contributed by atoms with Crippen molar-refractivity contribution in [2.24, 2.45) is 7.05 Å². The van der Waals surface area contributed by atoms with E-state index in [0.29, 0.717) is 30.1 Å². The molecule has 114 valence electrons. The Morgan fingerprint density at radius 1 is 1.29 bits per heavy atom. The van der Waals surface area contributed by atoms with Crippen LogP contribution < -0.4 is 10.6 Å². The Hall–Kier alpha value is -2.31. The van der Waals surface area contributed by atoms with Gasteiger partial charge in [-0.1, -0.05) is 12.1 Å². The summed E-state index contributed by atoms with van der Waals surface area (Å²) in [6.07, 6.45) is 0.678. The standard InChI is InChI=1S/C14H21N5O2/c1-6-12-13(9(3)18-21-12)16-14(20)15-7-11-8(2)17-19(5)10(11)4/h6-7H2,1-5H3,(H2,15,16,20). The van der Waals surface area contributed by atoms with Crippen molar-refractivity contribution in [1.82, 2.24) is 20.3 Å². The van der Waals surface area contributed by atoms with Crippen molar-refractivity contribution in [1.29, 1.82) is 0 Å². The lowest BCUT2D eigenvalue weighted by atomic mass is 10.2. The molecule has 0 aliphatic rings. The number of carbonyl (C=O) groups is 1. The van der Waals surface area contributed by atoms with E-state index in [2.05, 4.69) is 20.9 Å². The average Bonchev–Trinajstić information content (AvgIpc) is 2.90. The molecule has 21 heavy (non-hydrogen) atoms. The van der Waals surface area contributed by atoms with E-state index in [1.54, 1.807) is 6.92 Å². The van der Waals surface area contributed by atoms with E-state index in [0.717, 1.165) is 17.0 Å². The summed E-state index contributed by atoms with van der Waals surface area (Å²) in [5.74, 6) is 0.677. The molecule has 2 aromatic rings. The molecule has 0 fully saturated rings. The van der Waals surface area contributed by atoms with Gasteiger partial charge in [-0.05, 0) is 20.8 Å². The fraction of sp³-hybridized carbons (Fsp3) is 0.500. The summed E-state index contributed by atoms with van der Waals surface area (Å²) >= 11 is 0. The smallest absolute Gasteiger partial charge is 0.319 e. The van der Waals surface area contributed by atoms with Crippen LogP contribution in [-0.4, -0.2) is 21.0 Å². The molecule has 2 heterocycles. The highest BCUT2D eigenvalue weighted by Crippen LogP contribution is 2.20. The molecule has 0 bridgehead atoms. The first kappa shape index (κ1) is 15.1. The van der Waals surface area contributed by atoms with E-state index >= 15 is 0 Å². The molecule has 0 saturated heterocycles. The Balaban J connectivity index is 2.01. The van der Waals surface area contributed by atoms with Gasteiger partial charge in [0.15, 0.2) is 5.76 Å². The van der Waals surface area contributed by atoms with E-state index in [9.17, 15) is 4.79 Å². The molecule has 0 saturated carbocycles. The minimum absolute atomic E-state index is 0.279. The minimum Gasteiger partial charge on any atom is -0.359 e. The quantitative estimate of drug-likeness (QED) is 0.904. The van der Waals surface area contributed by atoms with Crippen molar-refractivity contribution in [3.8, 4) is 0 Å². The van der Waals surface area contributed by atoms with Gasteiger partial charge in [0.25, 0.3) is 0 Å². The van der Waals surface area contributed by atoms with Gasteiger partial charge in [0.1, 0.15) is 11.4 Å². The van der Waals surface area contributed by atoms with Gasteiger partial charge in [0, 0.05) is 31.3 Å². The highest BCUT2D eigenvalue weighted by molar-refractivity contribution is 5.90. The molecule has 7 heteroatoms. The van der Waals surface area contributed by atoms with Crippen LogP contribution in [0.15, 0.2) is 4.52 Å². The first-order chi connectivity index (χ1) is 9.93. The average molecular weight is 291 g/mol. The van der Waals surface area contributed by atoms with Crippen LogP contribution in [0.2, 0.25) is 0 Å². The number of hydrogen-bond acceptors (Lipinski definition) is 4. The molecule has 7 nitrogen and oxygen atoms in total. The number of anilines is 1. The summed E-state index contributed by atoms with van der Waals surface area (Å²) in [5.41, 5.74) is 4.32. The Labute approximate surface area is 123 Å². The zero-order valence-electron chi connectivity index (χ0n) is 13.1. The first-order valence-electron chi connectivity index (χ1n) is 6.93. The predicted molar refractivity (Wildman–Crippen MR) is 79.2 cm³/mol. The van der Waals surface area contributed by atoms with E-state index < -0.39 is 0 Å². The Morgan fingerprint density at radius 2 is 2.00 bits per heavy atom. The monoisotopic (exact) mass is 291 g/mol. The number of amides is 2. The van der Waals surface area contributed by atoms with Crippen molar-refractivity contribution >= 4 is 11.7 Å². The van der Waals surface area contributed by atoms with Crippen molar-refractivity contribution in [3.63, 3.8) is 0 Å². The number of carbonyl (C=O) groups excluding carboxylic acids is 1. The van der Waals surface area contributed by atoms with Gasteiger partial charge in [0.05, 0.1) is 5.69 Å². The third-order valence-electron chi connectivity index (χ3n) is 3.58. The Morgan fingerprint density at radius 3 is 2.57 bits per heavy atom. The second-order valence-corrected chi connectivity index (χ2v) is 5.00. The van der Waals surface area contributed by atoms with Crippen molar-refractivity contribution in [2.75, 3.05) is 5.32 Å². The lowest BCUT2D eigenvalue weighted by Gasteiger charge is -2.08. The maximum Gasteiger partial charge on any atom is 0.319 e. The fourth-order valence-corrected chi connectivity index (χ4v) is 2.22. The highest BCUT2D eigenvalue weighted by atomic mass is 16.5. The van der Waals surface area contributed by atoms with E-state index in [1.165, 1.54) is 0 Å². The molecule has 2 N–H and O–H groups in total. The van der Waals surface area contributed by atoms with Gasteiger partial charge in [-0.3, -0.25) is 4.68 Å². The van der Waals surface area contributed by atoms with Crippen LogP contribution in [0.1, 0.15) is 35.3 Å². The molecule has 2 rings (SSSR count).